The molecule has 35 heavy (non-hydrogen) atoms. The van der Waals surface area contributed by atoms with E-state index in [0.29, 0.717) is 16.9 Å². The predicted molar refractivity (Wildman–Crippen MR) is 134 cm³/mol. The van der Waals surface area contributed by atoms with Crippen LogP contribution in [0.2, 0.25) is 0 Å². The Labute approximate surface area is 204 Å². The first kappa shape index (κ1) is 24.2. The summed E-state index contributed by atoms with van der Waals surface area (Å²) in [5.41, 5.74) is 2.63. The number of carbonyl (C=O) groups excluding carboxylic acids is 2. The van der Waals surface area contributed by atoms with Crippen molar-refractivity contribution in [3.8, 4) is 5.75 Å². The maximum atomic E-state index is 14.1. The number of rotatable bonds is 4. The Bertz CT molecular complexity index is 1350. The van der Waals surface area contributed by atoms with Gasteiger partial charge in [-0.25, -0.2) is 4.39 Å². The van der Waals surface area contributed by atoms with E-state index in [2.05, 4.69) is 0 Å². The summed E-state index contributed by atoms with van der Waals surface area (Å²) in [7, 11) is 1.58. The number of benzene rings is 3. The average molecular weight is 474 g/mol. The first-order valence-electron chi connectivity index (χ1n) is 11.4. The molecule has 1 saturated heterocycles. The lowest BCUT2D eigenvalue weighted by Gasteiger charge is -2.27. The Morgan fingerprint density at radius 1 is 1.00 bits per heavy atom. The molecule has 180 valence electrons. The molecule has 1 atom stereocenters. The first-order chi connectivity index (χ1) is 16.5. The lowest BCUT2D eigenvalue weighted by Crippen LogP contribution is -2.29. The molecule has 1 aliphatic rings. The molecule has 1 N–H and O–H groups in total. The zero-order valence-corrected chi connectivity index (χ0v) is 20.4. The van der Waals surface area contributed by atoms with Crippen LogP contribution in [0.25, 0.3) is 5.76 Å². The van der Waals surface area contributed by atoms with Gasteiger partial charge in [-0.05, 0) is 59.9 Å². The summed E-state index contributed by atoms with van der Waals surface area (Å²) in [5, 5.41) is 11.5. The molecule has 5 nitrogen and oxygen atoms in total. The first-order valence-corrected chi connectivity index (χ1v) is 11.4. The van der Waals surface area contributed by atoms with Crippen molar-refractivity contribution in [2.45, 2.75) is 39.2 Å². The van der Waals surface area contributed by atoms with Gasteiger partial charge in [0.2, 0.25) is 0 Å². The van der Waals surface area contributed by atoms with E-state index in [4.69, 9.17) is 4.74 Å². The zero-order valence-electron chi connectivity index (χ0n) is 20.4. The van der Waals surface area contributed by atoms with Gasteiger partial charge in [-0.3, -0.25) is 14.5 Å². The second-order valence-corrected chi connectivity index (χ2v) is 9.67. The number of ketones is 1. The minimum Gasteiger partial charge on any atom is -0.507 e. The number of aryl methyl sites for hydroxylation is 1. The van der Waals surface area contributed by atoms with E-state index in [9.17, 15) is 19.1 Å². The third kappa shape index (κ3) is 4.32. The number of amides is 1. The summed E-state index contributed by atoms with van der Waals surface area (Å²) in [6.07, 6.45) is 0. The molecule has 3 aromatic rings. The largest absolute Gasteiger partial charge is 0.507 e. The number of aliphatic hydroxyl groups excluding tert-OH is 1. The van der Waals surface area contributed by atoms with Crippen molar-refractivity contribution < 1.29 is 23.8 Å². The van der Waals surface area contributed by atoms with Gasteiger partial charge in [-0.2, -0.15) is 0 Å². The van der Waals surface area contributed by atoms with Gasteiger partial charge in [0.05, 0.1) is 18.7 Å². The van der Waals surface area contributed by atoms with Gasteiger partial charge >= 0.3 is 0 Å². The molecule has 1 unspecified atom stereocenters. The van der Waals surface area contributed by atoms with Crippen LogP contribution in [0, 0.1) is 12.7 Å². The summed E-state index contributed by atoms with van der Waals surface area (Å²) < 4.78 is 19.6. The van der Waals surface area contributed by atoms with Gasteiger partial charge in [0, 0.05) is 16.8 Å². The third-order valence-electron chi connectivity index (χ3n) is 6.29. The number of halogens is 1. The minimum absolute atomic E-state index is 0.0430. The molecule has 1 fully saturated rings. The second kappa shape index (κ2) is 9.02. The maximum Gasteiger partial charge on any atom is 0.300 e. The number of anilines is 1. The van der Waals surface area contributed by atoms with Crippen LogP contribution in [0.3, 0.4) is 0 Å². The van der Waals surface area contributed by atoms with Crippen molar-refractivity contribution in [3.63, 3.8) is 0 Å². The van der Waals surface area contributed by atoms with Crippen LogP contribution in [0.4, 0.5) is 10.1 Å². The van der Waals surface area contributed by atoms with Crippen molar-refractivity contribution in [3.05, 3.63) is 100 Å². The summed E-state index contributed by atoms with van der Waals surface area (Å²) in [5.74, 6) is -1.81. The lowest BCUT2D eigenvalue weighted by molar-refractivity contribution is -0.132. The summed E-state index contributed by atoms with van der Waals surface area (Å²) in [4.78, 5) is 27.9. The van der Waals surface area contributed by atoms with Crippen LogP contribution in [-0.2, 0) is 15.0 Å². The van der Waals surface area contributed by atoms with E-state index in [-0.39, 0.29) is 22.4 Å². The third-order valence-corrected chi connectivity index (χ3v) is 6.29. The highest BCUT2D eigenvalue weighted by Crippen LogP contribution is 2.44. The number of Topliss-reactive ketones (excluding diaryl/α,β-unsaturated/α-hetero) is 1. The molecule has 3 aromatic carbocycles. The smallest absolute Gasteiger partial charge is 0.300 e. The van der Waals surface area contributed by atoms with Gasteiger partial charge in [-0.15, -0.1) is 0 Å². The number of aliphatic hydroxyl groups is 1. The molecule has 0 aromatic heterocycles. The SMILES string of the molecule is COc1ccc(/C(O)=C2\C(=O)C(=O)N(c3cccc(F)c3)C2c2ccccc2C)cc1C(C)(C)C. The zero-order chi connectivity index (χ0) is 25.5. The Morgan fingerprint density at radius 2 is 1.71 bits per heavy atom. The number of ether oxygens (including phenoxy) is 1. The number of nitrogens with zero attached hydrogens (tertiary/aromatic N) is 1. The van der Waals surface area contributed by atoms with E-state index >= 15 is 0 Å². The van der Waals surface area contributed by atoms with Gasteiger partial charge in [-0.1, -0.05) is 51.1 Å². The molecular formula is C29H28FNO4. The highest BCUT2D eigenvalue weighted by atomic mass is 19.1. The van der Waals surface area contributed by atoms with Crippen LogP contribution in [0.5, 0.6) is 5.75 Å². The molecule has 1 amide bonds. The van der Waals surface area contributed by atoms with Crippen LogP contribution in [-0.4, -0.2) is 23.9 Å². The quantitative estimate of drug-likeness (QED) is 0.284. The highest BCUT2D eigenvalue weighted by Gasteiger charge is 2.47. The standard InChI is InChI=1S/C29H28FNO4/c1-17-9-6-7-12-21(17)25-24(27(33)28(34)31(25)20-11-8-10-19(30)16-20)26(32)18-13-14-23(35-5)22(15-18)29(2,3)4/h6-16,25,32H,1-5H3/b26-24+. The van der Waals surface area contributed by atoms with E-state index in [1.807, 2.05) is 39.8 Å². The molecule has 1 aliphatic heterocycles. The van der Waals surface area contributed by atoms with E-state index in [0.717, 1.165) is 11.1 Å². The van der Waals surface area contributed by atoms with Crippen LogP contribution in [0.1, 0.15) is 49.1 Å². The predicted octanol–water partition coefficient (Wildman–Crippen LogP) is 6.07. The maximum absolute atomic E-state index is 14.1. The van der Waals surface area contributed by atoms with Crippen molar-refractivity contribution in [2.24, 2.45) is 0 Å². The van der Waals surface area contributed by atoms with Crippen molar-refractivity contribution >= 4 is 23.1 Å². The van der Waals surface area contributed by atoms with Crippen molar-refractivity contribution in [1.82, 2.24) is 0 Å². The number of carbonyl (C=O) groups is 2. The second-order valence-electron chi connectivity index (χ2n) is 9.67. The lowest BCUT2D eigenvalue weighted by atomic mass is 9.84. The highest BCUT2D eigenvalue weighted by molar-refractivity contribution is 6.51. The fourth-order valence-corrected chi connectivity index (χ4v) is 4.51. The minimum atomic E-state index is -0.918. The van der Waals surface area contributed by atoms with Crippen molar-refractivity contribution in [1.29, 1.82) is 0 Å². The molecule has 6 heteroatoms. The summed E-state index contributed by atoms with van der Waals surface area (Å²) >= 11 is 0. The Hall–Kier alpha value is -3.93. The van der Waals surface area contributed by atoms with Crippen LogP contribution < -0.4 is 9.64 Å². The van der Waals surface area contributed by atoms with Gasteiger partial charge in [0.1, 0.15) is 17.3 Å². The molecule has 0 bridgehead atoms. The fourth-order valence-electron chi connectivity index (χ4n) is 4.51. The fraction of sp³-hybridized carbons (Fsp3) is 0.241. The van der Waals surface area contributed by atoms with E-state index < -0.39 is 23.5 Å². The molecule has 0 aliphatic carbocycles. The molecule has 0 radical (unpaired) electrons. The Balaban J connectivity index is 1.99. The van der Waals surface area contributed by atoms with Crippen molar-refractivity contribution in [2.75, 3.05) is 12.0 Å². The molecule has 0 saturated carbocycles. The topological polar surface area (TPSA) is 66.8 Å². The molecular weight excluding hydrogens is 445 g/mol. The van der Waals surface area contributed by atoms with Crippen LogP contribution >= 0.6 is 0 Å². The molecule has 1 heterocycles. The number of hydrogen-bond acceptors (Lipinski definition) is 4. The monoisotopic (exact) mass is 473 g/mol. The average Bonchev–Trinajstić information content (AvgIpc) is 3.08. The Morgan fingerprint density at radius 3 is 2.34 bits per heavy atom. The Kier molecular flexibility index (Phi) is 6.24. The van der Waals surface area contributed by atoms with E-state index in [1.165, 1.54) is 23.1 Å². The molecule has 0 spiro atoms. The summed E-state index contributed by atoms with van der Waals surface area (Å²) in [6.45, 7) is 7.92. The van der Waals surface area contributed by atoms with E-state index in [1.54, 1.807) is 43.5 Å². The van der Waals surface area contributed by atoms with Gasteiger partial charge < -0.3 is 9.84 Å². The van der Waals surface area contributed by atoms with Gasteiger partial charge in [0.15, 0.2) is 0 Å². The molecule has 4 rings (SSSR count). The number of methoxy groups -OCH3 is 1. The summed E-state index contributed by atoms with van der Waals surface area (Å²) in [6, 6.07) is 17.1. The van der Waals surface area contributed by atoms with Crippen LogP contribution in [0.15, 0.2) is 72.3 Å². The number of hydrogen-bond donors (Lipinski definition) is 1. The normalized spacial score (nSPS) is 17.7. The van der Waals surface area contributed by atoms with Gasteiger partial charge in [0.25, 0.3) is 11.7 Å².